The van der Waals surface area contributed by atoms with E-state index in [1.165, 1.54) is 29.4 Å². The van der Waals surface area contributed by atoms with Gasteiger partial charge in [0.15, 0.2) is 5.01 Å². The van der Waals surface area contributed by atoms with Crippen molar-refractivity contribution >= 4 is 23.1 Å². The molecule has 2 heterocycles. The highest BCUT2D eigenvalue weighted by Crippen LogP contribution is 2.20. The summed E-state index contributed by atoms with van der Waals surface area (Å²) in [6.45, 7) is 0. The lowest BCUT2D eigenvalue weighted by Crippen LogP contribution is -1.65. The predicted octanol–water partition coefficient (Wildman–Crippen LogP) is 0.857. The monoisotopic (exact) mass is 169 g/mol. The van der Waals surface area contributed by atoms with Gasteiger partial charge in [-0.3, -0.25) is 0 Å². The van der Waals surface area contributed by atoms with Gasteiger partial charge in [-0.1, -0.05) is 4.49 Å². The molecule has 0 spiro atoms. The summed E-state index contributed by atoms with van der Waals surface area (Å²) in [6, 6.07) is 0. The minimum Gasteiger partial charge on any atom is -0.222 e. The van der Waals surface area contributed by atoms with E-state index in [4.69, 9.17) is 0 Å². The van der Waals surface area contributed by atoms with Gasteiger partial charge in [-0.25, -0.2) is 4.98 Å². The second-order valence-electron chi connectivity index (χ2n) is 1.46. The van der Waals surface area contributed by atoms with Crippen LogP contribution in [-0.4, -0.2) is 18.9 Å². The molecule has 0 aliphatic rings. The van der Waals surface area contributed by atoms with E-state index in [2.05, 4.69) is 25.1 Å². The molecule has 49 valence electrons. The van der Waals surface area contributed by atoms with Crippen molar-refractivity contribution < 1.29 is 0 Å². The van der Waals surface area contributed by atoms with Crippen LogP contribution < -0.4 is 0 Å². The summed E-state index contributed by atoms with van der Waals surface area (Å²) in [5.41, 5.74) is 0. The largest absolute Gasteiger partial charge is 0.222 e. The fourth-order valence-electron chi connectivity index (χ4n) is 0.507. The highest BCUT2D eigenvalue weighted by molar-refractivity contribution is 7.16. The molecule has 6 heteroatoms. The van der Waals surface area contributed by atoms with E-state index in [0.29, 0.717) is 0 Å². The van der Waals surface area contributed by atoms with Crippen molar-refractivity contribution in [1.82, 2.24) is 18.9 Å². The lowest BCUT2D eigenvalue weighted by molar-refractivity contribution is 1.15. The molecule has 4 nitrogen and oxygen atoms in total. The van der Waals surface area contributed by atoms with Crippen molar-refractivity contribution in [3.63, 3.8) is 0 Å². The number of hydrogen-bond donors (Lipinski definition) is 0. The molecule has 2 rings (SSSR count). The fourth-order valence-corrected chi connectivity index (χ4v) is 1.52. The molecule has 2 aromatic heterocycles. The molecule has 2 aromatic rings. The molecular weight excluding hydrogens is 168 g/mol. The predicted molar refractivity (Wildman–Crippen MR) is 37.6 cm³/mol. The maximum absolute atomic E-state index is 3.97. The highest BCUT2D eigenvalue weighted by Gasteiger charge is 2.02. The van der Waals surface area contributed by atoms with E-state index in [1.807, 2.05) is 0 Å². The molecule has 0 atom stereocenters. The zero-order chi connectivity index (χ0) is 6.81. The Kier molecular flexibility index (Phi) is 1.40. The topological polar surface area (TPSA) is 51.6 Å². The summed E-state index contributed by atoms with van der Waals surface area (Å²) in [4.78, 5) is 4.81. The lowest BCUT2D eigenvalue weighted by atomic mass is 10.6. The van der Waals surface area contributed by atoms with E-state index < -0.39 is 0 Å². The van der Waals surface area contributed by atoms with E-state index >= 15 is 0 Å². The van der Waals surface area contributed by atoms with Gasteiger partial charge >= 0.3 is 0 Å². The number of nitrogens with zero attached hydrogens (tertiary/aromatic N) is 4. The maximum Gasteiger partial charge on any atom is 0.157 e. The van der Waals surface area contributed by atoms with Crippen molar-refractivity contribution in [3.05, 3.63) is 12.5 Å². The first-order valence-electron chi connectivity index (χ1n) is 2.44. The van der Waals surface area contributed by atoms with Gasteiger partial charge in [0.2, 0.25) is 0 Å². The third kappa shape index (κ3) is 0.910. The first kappa shape index (κ1) is 5.87. The van der Waals surface area contributed by atoms with Crippen LogP contribution in [0.1, 0.15) is 0 Å². The molecule has 0 unspecified atom stereocenters. The van der Waals surface area contributed by atoms with Gasteiger partial charge in [-0.15, -0.1) is 5.10 Å². The van der Waals surface area contributed by atoms with Crippen molar-refractivity contribution in [3.8, 4) is 9.88 Å². The molecule has 0 bridgehead atoms. The lowest BCUT2D eigenvalue weighted by Gasteiger charge is -1.77. The van der Waals surface area contributed by atoms with Gasteiger partial charge in [0, 0.05) is 0 Å². The maximum atomic E-state index is 3.97. The average molecular weight is 169 g/mol. The van der Waals surface area contributed by atoms with Crippen LogP contribution in [0, 0.1) is 6.20 Å². The van der Waals surface area contributed by atoms with Gasteiger partial charge in [0.05, 0.1) is 0 Å². The van der Waals surface area contributed by atoms with Crippen molar-refractivity contribution in [2.24, 2.45) is 0 Å². The van der Waals surface area contributed by atoms with Crippen molar-refractivity contribution in [2.45, 2.75) is 0 Å². The molecule has 1 radical (unpaired) electrons. The minimum atomic E-state index is 0.829. The molecule has 10 heavy (non-hydrogen) atoms. The van der Waals surface area contributed by atoms with Gasteiger partial charge < -0.3 is 0 Å². The Hall–Kier alpha value is -0.880. The molecule has 0 aliphatic heterocycles. The Morgan fingerprint density at radius 3 is 3.00 bits per heavy atom. The van der Waals surface area contributed by atoms with E-state index in [-0.39, 0.29) is 0 Å². The Balaban J connectivity index is 2.48. The molecule has 0 amide bonds. The smallest absolute Gasteiger partial charge is 0.157 e. The second-order valence-corrected chi connectivity index (χ2v) is 2.99. The van der Waals surface area contributed by atoms with Crippen molar-refractivity contribution in [2.75, 3.05) is 0 Å². The zero-order valence-electron chi connectivity index (χ0n) is 4.68. The average Bonchev–Trinajstić information content (AvgIpc) is 2.59. The van der Waals surface area contributed by atoms with Crippen LogP contribution in [0.15, 0.2) is 6.33 Å². The molecule has 0 aromatic carbocycles. The summed E-state index contributed by atoms with van der Waals surface area (Å²) >= 11 is 2.59. The molecule has 0 fully saturated rings. The van der Waals surface area contributed by atoms with E-state index in [1.54, 1.807) is 0 Å². The van der Waals surface area contributed by atoms with Crippen LogP contribution in [-0.2, 0) is 0 Å². The Morgan fingerprint density at radius 2 is 2.40 bits per heavy atom. The highest BCUT2D eigenvalue weighted by atomic mass is 32.1. The standard InChI is InChI=1S/C4HN4S2/c1-3(9-8-6-1)4-5-2-7-10-4/h2H. The molecule has 0 aliphatic carbocycles. The molecule has 0 N–H and O–H groups in total. The summed E-state index contributed by atoms with van der Waals surface area (Å²) in [5.74, 6) is 0. The fraction of sp³-hybridized carbons (Fsp3) is 0. The Morgan fingerprint density at radius 1 is 1.40 bits per heavy atom. The summed E-state index contributed by atoms with van der Waals surface area (Å²) < 4.78 is 7.49. The van der Waals surface area contributed by atoms with Crippen LogP contribution in [0.5, 0.6) is 0 Å². The zero-order valence-corrected chi connectivity index (χ0v) is 6.32. The molecular formula is C4HN4S2. The normalized spacial score (nSPS) is 10.0. The number of rotatable bonds is 1. The summed E-state index contributed by atoms with van der Waals surface area (Å²) in [7, 11) is 0. The Bertz CT molecular complexity index is 255. The quantitative estimate of drug-likeness (QED) is 0.635. The van der Waals surface area contributed by atoms with E-state index in [0.717, 1.165) is 9.88 Å². The SMILES string of the molecule is [c]1nnsc1-c1ncns1. The van der Waals surface area contributed by atoms with Gasteiger partial charge in [0.1, 0.15) is 17.4 Å². The molecule has 0 saturated heterocycles. The van der Waals surface area contributed by atoms with E-state index in [9.17, 15) is 0 Å². The van der Waals surface area contributed by atoms with Crippen LogP contribution in [0.25, 0.3) is 9.88 Å². The van der Waals surface area contributed by atoms with Gasteiger partial charge in [-0.05, 0) is 23.1 Å². The first-order chi connectivity index (χ1) is 4.97. The third-order valence-corrected chi connectivity index (χ3v) is 2.32. The van der Waals surface area contributed by atoms with Gasteiger partial charge in [-0.2, -0.15) is 4.37 Å². The third-order valence-electron chi connectivity index (χ3n) is 0.880. The molecule has 0 saturated carbocycles. The number of hydrogen-bond acceptors (Lipinski definition) is 6. The summed E-state index contributed by atoms with van der Waals surface area (Å²) in [5, 5.41) is 4.39. The minimum absolute atomic E-state index is 0.829. The van der Waals surface area contributed by atoms with Crippen molar-refractivity contribution in [1.29, 1.82) is 0 Å². The second kappa shape index (κ2) is 2.39. The number of aromatic nitrogens is 4. The van der Waals surface area contributed by atoms with Gasteiger partial charge in [0.25, 0.3) is 0 Å². The summed E-state index contributed by atoms with van der Waals surface area (Å²) in [6.07, 6.45) is 4.21. The van der Waals surface area contributed by atoms with Crippen LogP contribution >= 0.6 is 23.1 Å². The van der Waals surface area contributed by atoms with Crippen LogP contribution in [0.2, 0.25) is 0 Å². The van der Waals surface area contributed by atoms with Crippen LogP contribution in [0.3, 0.4) is 0 Å². The Labute approximate surface area is 64.9 Å². The van der Waals surface area contributed by atoms with Crippen LogP contribution in [0.4, 0.5) is 0 Å². The first-order valence-corrected chi connectivity index (χ1v) is 3.98.